The third-order valence-corrected chi connectivity index (χ3v) is 4.55. The molecule has 4 nitrogen and oxygen atoms in total. The summed E-state index contributed by atoms with van der Waals surface area (Å²) in [4.78, 5) is 8.80. The van der Waals surface area contributed by atoms with Gasteiger partial charge in [0.15, 0.2) is 0 Å². The molecule has 4 aromatic rings. The van der Waals surface area contributed by atoms with Gasteiger partial charge >= 0.3 is 0 Å². The van der Waals surface area contributed by atoms with Crippen LogP contribution in [0.1, 0.15) is 37.5 Å². The Morgan fingerprint density at radius 1 is 0.793 bits per heavy atom. The first-order valence-corrected chi connectivity index (χ1v) is 9.46. The molecule has 2 aromatic heterocycles. The molecule has 0 fully saturated rings. The van der Waals surface area contributed by atoms with Crippen molar-refractivity contribution in [2.24, 2.45) is 0 Å². The van der Waals surface area contributed by atoms with Crippen LogP contribution in [-0.2, 0) is 5.41 Å². The highest BCUT2D eigenvalue weighted by Crippen LogP contribution is 2.26. The minimum atomic E-state index is 0.105. The molecule has 0 bridgehead atoms. The third kappa shape index (κ3) is 4.41. The third-order valence-electron chi connectivity index (χ3n) is 4.55. The normalized spacial score (nSPS) is 11.0. The van der Waals surface area contributed by atoms with Crippen LogP contribution in [0.5, 0.6) is 0 Å². The van der Waals surface area contributed by atoms with Gasteiger partial charge in [-0.15, -0.1) is 0 Å². The highest BCUT2D eigenvalue weighted by Gasteiger charge is 2.15. The maximum absolute atomic E-state index is 5.47. The van der Waals surface area contributed by atoms with Crippen molar-refractivity contribution in [2.45, 2.75) is 26.2 Å². The highest BCUT2D eigenvalue weighted by atomic mass is 16.5. The number of rotatable bonds is 2. The zero-order valence-electron chi connectivity index (χ0n) is 16.7. The largest absolute Gasteiger partial charge is 0.334 e. The SMILES string of the molecule is CC(C)(C)c1ccc(-c2noc(-c3cncc(C#Cc4ccccc4)c3)n2)cc1. The van der Waals surface area contributed by atoms with Gasteiger partial charge in [0.2, 0.25) is 5.82 Å². The van der Waals surface area contributed by atoms with Gasteiger partial charge in [0.05, 0.1) is 5.56 Å². The average molecular weight is 379 g/mol. The molecule has 0 aliphatic rings. The summed E-state index contributed by atoms with van der Waals surface area (Å²) in [6.07, 6.45) is 3.43. The lowest BCUT2D eigenvalue weighted by Gasteiger charge is -2.18. The fourth-order valence-electron chi connectivity index (χ4n) is 2.87. The van der Waals surface area contributed by atoms with Crippen molar-refractivity contribution >= 4 is 0 Å². The summed E-state index contributed by atoms with van der Waals surface area (Å²) in [6.45, 7) is 6.57. The Hall–Kier alpha value is -3.71. The molecule has 142 valence electrons. The van der Waals surface area contributed by atoms with E-state index in [-0.39, 0.29) is 5.41 Å². The van der Waals surface area contributed by atoms with Crippen LogP contribution in [-0.4, -0.2) is 15.1 Å². The summed E-state index contributed by atoms with van der Waals surface area (Å²) in [5.74, 6) is 7.24. The van der Waals surface area contributed by atoms with Gasteiger partial charge in [-0.05, 0) is 29.2 Å². The van der Waals surface area contributed by atoms with Crippen molar-refractivity contribution in [1.82, 2.24) is 15.1 Å². The summed E-state index contributed by atoms with van der Waals surface area (Å²) in [6, 6.07) is 20.0. The maximum atomic E-state index is 5.47. The van der Waals surface area contributed by atoms with E-state index in [1.54, 1.807) is 12.4 Å². The zero-order valence-corrected chi connectivity index (χ0v) is 16.7. The second-order valence-electron chi connectivity index (χ2n) is 7.83. The molecular weight excluding hydrogens is 358 g/mol. The molecule has 4 rings (SSSR count). The van der Waals surface area contributed by atoms with E-state index in [9.17, 15) is 0 Å². The molecule has 0 saturated carbocycles. The number of benzene rings is 2. The molecule has 0 atom stereocenters. The lowest BCUT2D eigenvalue weighted by atomic mass is 9.87. The Morgan fingerprint density at radius 3 is 2.24 bits per heavy atom. The van der Waals surface area contributed by atoms with Crippen LogP contribution in [0.2, 0.25) is 0 Å². The summed E-state index contributed by atoms with van der Waals surface area (Å²) in [7, 11) is 0. The van der Waals surface area contributed by atoms with Gasteiger partial charge in [0.1, 0.15) is 0 Å². The van der Waals surface area contributed by atoms with Crippen LogP contribution >= 0.6 is 0 Å². The molecule has 0 amide bonds. The first-order valence-electron chi connectivity index (χ1n) is 9.46. The Balaban J connectivity index is 1.58. The number of pyridine rings is 1. The molecule has 0 N–H and O–H groups in total. The minimum absolute atomic E-state index is 0.105. The number of hydrogen-bond donors (Lipinski definition) is 0. The Kier molecular flexibility index (Phi) is 4.97. The van der Waals surface area contributed by atoms with Crippen LogP contribution in [0, 0.1) is 11.8 Å². The fourth-order valence-corrected chi connectivity index (χ4v) is 2.87. The van der Waals surface area contributed by atoms with Crippen LogP contribution < -0.4 is 0 Å². The second kappa shape index (κ2) is 7.73. The predicted octanol–water partition coefficient (Wildman–Crippen LogP) is 5.50. The number of hydrogen-bond acceptors (Lipinski definition) is 4. The standard InChI is InChI=1S/C25H21N3O/c1-25(2,3)22-13-11-20(12-14-22)23-27-24(29-28-23)21-15-19(16-26-17-21)10-9-18-7-5-4-6-8-18/h4-8,11-17H,1-3H3. The second-order valence-corrected chi connectivity index (χ2v) is 7.83. The molecule has 0 spiro atoms. The van der Waals surface area contributed by atoms with Gasteiger partial charge < -0.3 is 4.52 Å². The quantitative estimate of drug-likeness (QED) is 0.432. The van der Waals surface area contributed by atoms with E-state index in [2.05, 4.69) is 59.9 Å². The van der Waals surface area contributed by atoms with Crippen molar-refractivity contribution in [3.63, 3.8) is 0 Å². The van der Waals surface area contributed by atoms with Crippen molar-refractivity contribution in [2.75, 3.05) is 0 Å². The first-order chi connectivity index (χ1) is 14.0. The van der Waals surface area contributed by atoms with Gasteiger partial charge in [-0.25, -0.2) is 0 Å². The van der Waals surface area contributed by atoms with Crippen molar-refractivity contribution in [3.05, 3.63) is 89.7 Å². The van der Waals surface area contributed by atoms with E-state index in [0.29, 0.717) is 11.7 Å². The monoisotopic (exact) mass is 379 g/mol. The molecule has 0 saturated heterocycles. The van der Waals surface area contributed by atoms with Gasteiger partial charge in [-0.2, -0.15) is 4.98 Å². The van der Waals surface area contributed by atoms with E-state index in [1.807, 2.05) is 48.5 Å². The molecule has 0 aliphatic heterocycles. The Bertz CT molecular complexity index is 1170. The van der Waals surface area contributed by atoms with Crippen LogP contribution in [0.4, 0.5) is 0 Å². The lowest BCUT2D eigenvalue weighted by Crippen LogP contribution is -2.10. The molecule has 29 heavy (non-hydrogen) atoms. The van der Waals surface area contributed by atoms with Crippen LogP contribution in [0.15, 0.2) is 77.6 Å². The van der Waals surface area contributed by atoms with Crippen molar-refractivity contribution in [3.8, 4) is 34.7 Å². The summed E-state index contributed by atoms with van der Waals surface area (Å²) in [5, 5.41) is 4.13. The van der Waals surface area contributed by atoms with Crippen LogP contribution in [0.25, 0.3) is 22.8 Å². The van der Waals surface area contributed by atoms with Gasteiger partial charge in [0, 0.05) is 29.1 Å². The minimum Gasteiger partial charge on any atom is -0.334 e. The zero-order chi connectivity index (χ0) is 20.3. The fraction of sp³-hybridized carbons (Fsp3) is 0.160. The van der Waals surface area contributed by atoms with E-state index in [1.165, 1.54) is 5.56 Å². The number of aromatic nitrogens is 3. The lowest BCUT2D eigenvalue weighted by molar-refractivity contribution is 0.432. The summed E-state index contributed by atoms with van der Waals surface area (Å²) >= 11 is 0. The first kappa shape index (κ1) is 18.6. The summed E-state index contributed by atoms with van der Waals surface area (Å²) in [5.41, 5.74) is 4.78. The Morgan fingerprint density at radius 2 is 1.52 bits per heavy atom. The maximum Gasteiger partial charge on any atom is 0.259 e. The molecular formula is C25H21N3O. The molecule has 0 unspecified atom stereocenters. The van der Waals surface area contributed by atoms with Gasteiger partial charge in [-0.3, -0.25) is 4.98 Å². The topological polar surface area (TPSA) is 51.8 Å². The van der Waals surface area contributed by atoms with Gasteiger partial charge in [-0.1, -0.05) is 80.2 Å². The molecule has 4 heteroatoms. The molecule has 2 heterocycles. The highest BCUT2D eigenvalue weighted by molar-refractivity contribution is 5.61. The smallest absolute Gasteiger partial charge is 0.259 e. The molecule has 2 aromatic carbocycles. The van der Waals surface area contributed by atoms with Crippen LogP contribution in [0.3, 0.4) is 0 Å². The molecule has 0 radical (unpaired) electrons. The number of nitrogens with zero attached hydrogens (tertiary/aromatic N) is 3. The van der Waals surface area contributed by atoms with E-state index >= 15 is 0 Å². The van der Waals surface area contributed by atoms with Gasteiger partial charge in [0.25, 0.3) is 5.89 Å². The van der Waals surface area contributed by atoms with E-state index in [0.717, 1.165) is 22.3 Å². The average Bonchev–Trinajstić information content (AvgIpc) is 3.23. The van der Waals surface area contributed by atoms with E-state index in [4.69, 9.17) is 4.52 Å². The molecule has 0 aliphatic carbocycles. The predicted molar refractivity (Wildman–Crippen MR) is 114 cm³/mol. The summed E-state index contributed by atoms with van der Waals surface area (Å²) < 4.78 is 5.47. The van der Waals surface area contributed by atoms with E-state index < -0.39 is 0 Å². The Labute approximate surface area is 170 Å². The van der Waals surface area contributed by atoms with Crippen molar-refractivity contribution in [1.29, 1.82) is 0 Å². The van der Waals surface area contributed by atoms with Crippen molar-refractivity contribution < 1.29 is 4.52 Å².